The van der Waals surface area contributed by atoms with Gasteiger partial charge in [0.25, 0.3) is 0 Å². The molecule has 0 aliphatic rings. The van der Waals surface area contributed by atoms with Gasteiger partial charge in [0, 0.05) is 28.2 Å². The largest absolute Gasteiger partial charge is 0.391 e. The maximum atomic E-state index is 9.14. The topological polar surface area (TPSA) is 50.3 Å². The third kappa shape index (κ3) is 4.94. The second kappa shape index (κ2) is 9.75. The summed E-state index contributed by atoms with van der Waals surface area (Å²) in [6.07, 6.45) is 5.30. The van der Waals surface area contributed by atoms with Gasteiger partial charge in [-0.25, -0.2) is 0 Å². The summed E-state index contributed by atoms with van der Waals surface area (Å²) >= 11 is 0. The Morgan fingerprint density at radius 1 is 1.10 bits per heavy atom. The highest BCUT2D eigenvalue weighted by molar-refractivity contribution is 5.81. The Bertz CT molecular complexity index is 1020. The molecule has 0 saturated heterocycles. The molecule has 4 nitrogen and oxygen atoms in total. The van der Waals surface area contributed by atoms with Crippen LogP contribution in [0.15, 0.2) is 59.8 Å². The summed E-state index contributed by atoms with van der Waals surface area (Å²) in [5, 5.41) is 13.3. The number of oxime groups is 1. The van der Waals surface area contributed by atoms with Crippen LogP contribution in [-0.2, 0) is 17.9 Å². The molecule has 0 unspecified atom stereocenters. The minimum atomic E-state index is 0.276. The lowest BCUT2D eigenvalue weighted by molar-refractivity contribution is 0.132. The zero-order valence-electron chi connectivity index (χ0n) is 17.4. The fourth-order valence-electron chi connectivity index (χ4n) is 3.46. The monoisotopic (exact) mass is 385 g/mol. The summed E-state index contributed by atoms with van der Waals surface area (Å²) in [7, 11) is 0. The van der Waals surface area contributed by atoms with Crippen molar-refractivity contribution in [2.75, 3.05) is 0 Å². The molecular formula is C25H27N3O. The van der Waals surface area contributed by atoms with Gasteiger partial charge in [-0.15, -0.1) is 0 Å². The second-order valence-corrected chi connectivity index (χ2v) is 7.21. The lowest BCUT2D eigenvalue weighted by Gasteiger charge is -2.10. The number of nitrogens with zero attached hydrogens (tertiary/aromatic N) is 3. The molecule has 2 aromatic carbocycles. The third-order valence-electron chi connectivity index (χ3n) is 5.11. The minimum absolute atomic E-state index is 0.276. The maximum absolute atomic E-state index is 9.14. The molecular weight excluding hydrogens is 358 g/mol. The predicted molar refractivity (Wildman–Crippen MR) is 117 cm³/mol. The van der Waals surface area contributed by atoms with Crippen molar-refractivity contribution in [2.45, 2.75) is 46.6 Å². The van der Waals surface area contributed by atoms with Crippen LogP contribution in [0.25, 0.3) is 5.69 Å². The Kier molecular flexibility index (Phi) is 6.86. The first kappa shape index (κ1) is 20.4. The van der Waals surface area contributed by atoms with E-state index in [0.29, 0.717) is 5.56 Å². The molecule has 148 valence electrons. The van der Waals surface area contributed by atoms with E-state index in [1.165, 1.54) is 18.4 Å². The van der Waals surface area contributed by atoms with Crippen LogP contribution in [0.1, 0.15) is 53.4 Å². The standard InChI is InChI=1S/C25H27N3O/c1-4-5-8-21-11-13-25(14-12-21)28-19(2)15-24(20(28)3)17-27-29-18-23-10-7-6-9-22(23)16-26/h6-7,9-15,17H,4-5,8,18H2,1-3H3/b27-17-. The highest BCUT2D eigenvalue weighted by Crippen LogP contribution is 2.21. The molecule has 4 heteroatoms. The molecule has 3 aromatic rings. The van der Waals surface area contributed by atoms with Crippen LogP contribution in [0.4, 0.5) is 0 Å². The van der Waals surface area contributed by atoms with E-state index in [1.807, 2.05) is 18.2 Å². The number of hydrogen-bond acceptors (Lipinski definition) is 3. The first-order valence-electron chi connectivity index (χ1n) is 10.1. The van der Waals surface area contributed by atoms with Crippen LogP contribution < -0.4 is 0 Å². The zero-order chi connectivity index (χ0) is 20.6. The molecule has 1 heterocycles. The van der Waals surface area contributed by atoms with Crippen molar-refractivity contribution in [1.82, 2.24) is 4.57 Å². The van der Waals surface area contributed by atoms with Crippen LogP contribution >= 0.6 is 0 Å². The van der Waals surface area contributed by atoms with E-state index in [9.17, 15) is 0 Å². The van der Waals surface area contributed by atoms with Gasteiger partial charge in [0.05, 0.1) is 17.8 Å². The first-order chi connectivity index (χ1) is 14.1. The van der Waals surface area contributed by atoms with E-state index in [0.717, 1.165) is 34.6 Å². The van der Waals surface area contributed by atoms with Crippen LogP contribution in [0.3, 0.4) is 0 Å². The number of aryl methyl sites for hydroxylation is 2. The van der Waals surface area contributed by atoms with Crippen LogP contribution in [0.2, 0.25) is 0 Å². The van der Waals surface area contributed by atoms with Gasteiger partial charge in [-0.2, -0.15) is 5.26 Å². The summed E-state index contributed by atoms with van der Waals surface area (Å²) < 4.78 is 2.23. The lowest BCUT2D eigenvalue weighted by atomic mass is 10.1. The Hall–Kier alpha value is -3.32. The number of benzene rings is 2. The van der Waals surface area contributed by atoms with E-state index >= 15 is 0 Å². The third-order valence-corrected chi connectivity index (χ3v) is 5.11. The molecule has 0 fully saturated rings. The van der Waals surface area contributed by atoms with Gasteiger partial charge in [0.1, 0.15) is 6.61 Å². The van der Waals surface area contributed by atoms with Crippen molar-refractivity contribution in [1.29, 1.82) is 5.26 Å². The van der Waals surface area contributed by atoms with Crippen LogP contribution in [0.5, 0.6) is 0 Å². The molecule has 0 atom stereocenters. The summed E-state index contributed by atoms with van der Waals surface area (Å²) in [4.78, 5) is 5.44. The summed E-state index contributed by atoms with van der Waals surface area (Å²) in [5.41, 5.74) is 7.28. The molecule has 0 amide bonds. The van der Waals surface area contributed by atoms with Gasteiger partial charge in [-0.05, 0) is 56.5 Å². The fraction of sp³-hybridized carbons (Fsp3) is 0.280. The van der Waals surface area contributed by atoms with Crippen molar-refractivity contribution in [2.24, 2.45) is 5.16 Å². The van der Waals surface area contributed by atoms with Gasteiger partial charge in [-0.1, -0.05) is 48.8 Å². The molecule has 0 saturated carbocycles. The van der Waals surface area contributed by atoms with Gasteiger partial charge < -0.3 is 9.40 Å². The number of hydrogen-bond donors (Lipinski definition) is 0. The molecule has 0 bridgehead atoms. The molecule has 0 radical (unpaired) electrons. The van der Waals surface area contributed by atoms with Gasteiger partial charge in [0.15, 0.2) is 0 Å². The predicted octanol–water partition coefficient (Wildman–Crippen LogP) is 5.86. The Labute approximate surface area is 173 Å². The highest BCUT2D eigenvalue weighted by atomic mass is 16.6. The van der Waals surface area contributed by atoms with Crippen molar-refractivity contribution in [3.8, 4) is 11.8 Å². The Morgan fingerprint density at radius 2 is 1.86 bits per heavy atom. The second-order valence-electron chi connectivity index (χ2n) is 7.21. The summed E-state index contributed by atoms with van der Waals surface area (Å²) in [6, 6.07) is 20.5. The van der Waals surface area contributed by atoms with E-state index in [-0.39, 0.29) is 6.61 Å². The van der Waals surface area contributed by atoms with Gasteiger partial charge >= 0.3 is 0 Å². The van der Waals surface area contributed by atoms with Crippen molar-refractivity contribution < 1.29 is 4.84 Å². The van der Waals surface area contributed by atoms with Crippen LogP contribution in [0, 0.1) is 25.2 Å². The van der Waals surface area contributed by atoms with E-state index in [2.05, 4.69) is 66.9 Å². The normalized spacial score (nSPS) is 11.0. The lowest BCUT2D eigenvalue weighted by Crippen LogP contribution is -2.00. The maximum Gasteiger partial charge on any atom is 0.143 e. The number of nitriles is 1. The smallest absolute Gasteiger partial charge is 0.143 e. The number of unbranched alkanes of at least 4 members (excludes halogenated alkanes) is 1. The Balaban J connectivity index is 1.70. The molecule has 0 spiro atoms. The molecule has 0 N–H and O–H groups in total. The summed E-state index contributed by atoms with van der Waals surface area (Å²) in [5.74, 6) is 0. The SMILES string of the molecule is CCCCc1ccc(-n2c(C)cc(/C=N\OCc3ccccc3C#N)c2C)cc1. The molecule has 0 aliphatic heterocycles. The molecule has 0 aliphatic carbocycles. The van der Waals surface area contributed by atoms with Crippen molar-refractivity contribution in [3.05, 3.63) is 88.2 Å². The molecule has 1 aromatic heterocycles. The van der Waals surface area contributed by atoms with E-state index < -0.39 is 0 Å². The fourth-order valence-corrected chi connectivity index (χ4v) is 3.46. The van der Waals surface area contributed by atoms with E-state index in [4.69, 9.17) is 10.1 Å². The van der Waals surface area contributed by atoms with E-state index in [1.54, 1.807) is 12.3 Å². The zero-order valence-corrected chi connectivity index (χ0v) is 17.4. The van der Waals surface area contributed by atoms with Crippen molar-refractivity contribution in [3.63, 3.8) is 0 Å². The first-order valence-corrected chi connectivity index (χ1v) is 10.1. The van der Waals surface area contributed by atoms with Crippen molar-refractivity contribution >= 4 is 6.21 Å². The summed E-state index contributed by atoms with van der Waals surface area (Å²) in [6.45, 7) is 6.68. The molecule has 29 heavy (non-hydrogen) atoms. The number of rotatable bonds is 8. The highest BCUT2D eigenvalue weighted by Gasteiger charge is 2.09. The van der Waals surface area contributed by atoms with Crippen LogP contribution in [-0.4, -0.2) is 10.8 Å². The minimum Gasteiger partial charge on any atom is -0.391 e. The van der Waals surface area contributed by atoms with Gasteiger partial charge in [0.2, 0.25) is 0 Å². The Morgan fingerprint density at radius 3 is 2.59 bits per heavy atom. The molecule has 3 rings (SSSR count). The average molecular weight is 386 g/mol. The quantitative estimate of drug-likeness (QED) is 0.360. The van der Waals surface area contributed by atoms with Gasteiger partial charge in [-0.3, -0.25) is 0 Å². The number of aromatic nitrogens is 1. The average Bonchev–Trinajstić information content (AvgIpc) is 3.03.